The first-order chi connectivity index (χ1) is 10.1. The monoisotopic (exact) mass is 292 g/mol. The van der Waals surface area contributed by atoms with Crippen molar-refractivity contribution in [2.45, 2.75) is 6.54 Å². The molecule has 0 bridgehead atoms. The van der Waals surface area contributed by atoms with Gasteiger partial charge in [-0.15, -0.1) is 0 Å². The third kappa shape index (κ3) is 4.25. The number of halogens is 2. The molecule has 110 valence electrons. The van der Waals surface area contributed by atoms with Gasteiger partial charge in [0.05, 0.1) is 5.69 Å². The summed E-state index contributed by atoms with van der Waals surface area (Å²) in [6.45, 7) is 0.109. The van der Waals surface area contributed by atoms with Crippen molar-refractivity contribution >= 4 is 11.6 Å². The van der Waals surface area contributed by atoms with Gasteiger partial charge in [0.15, 0.2) is 6.61 Å². The van der Waals surface area contributed by atoms with E-state index in [0.29, 0.717) is 12.3 Å². The number of ether oxygens (including phenoxy) is 1. The lowest BCUT2D eigenvalue weighted by molar-refractivity contribution is -0.118. The molecule has 21 heavy (non-hydrogen) atoms. The molecule has 0 spiro atoms. The maximum Gasteiger partial charge on any atom is 0.262 e. The molecule has 3 N–H and O–H groups in total. The van der Waals surface area contributed by atoms with Crippen molar-refractivity contribution < 1.29 is 18.3 Å². The fourth-order valence-electron chi connectivity index (χ4n) is 1.65. The Bertz CT molecular complexity index is 630. The fourth-order valence-corrected chi connectivity index (χ4v) is 1.65. The molecular weight excluding hydrogens is 278 g/mol. The van der Waals surface area contributed by atoms with Gasteiger partial charge >= 0.3 is 0 Å². The summed E-state index contributed by atoms with van der Waals surface area (Å²) in [5.74, 6) is -1.44. The lowest BCUT2D eigenvalue weighted by Gasteiger charge is -2.08. The summed E-state index contributed by atoms with van der Waals surface area (Å²) in [4.78, 5) is 11.6. The van der Waals surface area contributed by atoms with Crippen LogP contribution >= 0.6 is 0 Å². The Balaban J connectivity index is 1.91. The molecule has 2 aromatic carbocycles. The first-order valence-corrected chi connectivity index (χ1v) is 6.25. The van der Waals surface area contributed by atoms with Crippen molar-refractivity contribution in [3.8, 4) is 5.75 Å². The maximum absolute atomic E-state index is 13.3. The highest BCUT2D eigenvalue weighted by molar-refractivity contribution is 5.91. The number of hydrogen-bond donors (Lipinski definition) is 2. The first kappa shape index (κ1) is 14.9. The van der Waals surface area contributed by atoms with Gasteiger partial charge in [-0.2, -0.15) is 0 Å². The number of carbonyl (C=O) groups excluding carboxylic acids is 1. The van der Waals surface area contributed by atoms with E-state index >= 15 is 0 Å². The van der Waals surface area contributed by atoms with Crippen LogP contribution in [0.3, 0.4) is 0 Å². The summed E-state index contributed by atoms with van der Waals surface area (Å²) >= 11 is 0. The van der Waals surface area contributed by atoms with E-state index in [9.17, 15) is 13.6 Å². The lowest BCUT2D eigenvalue weighted by atomic mass is 10.2. The average Bonchev–Trinajstić information content (AvgIpc) is 2.49. The molecule has 0 unspecified atom stereocenters. The molecular formula is C15H14F2N2O2. The van der Waals surface area contributed by atoms with Crippen LogP contribution < -0.4 is 15.8 Å². The molecule has 2 rings (SSSR count). The third-order valence-corrected chi connectivity index (χ3v) is 2.73. The normalized spacial score (nSPS) is 10.2. The van der Waals surface area contributed by atoms with Crippen LogP contribution in [0.4, 0.5) is 14.5 Å². The molecule has 0 heterocycles. The molecule has 0 aliphatic rings. The number of hydrogen-bond acceptors (Lipinski definition) is 3. The van der Waals surface area contributed by atoms with E-state index in [4.69, 9.17) is 10.5 Å². The van der Waals surface area contributed by atoms with Gasteiger partial charge in [-0.25, -0.2) is 8.78 Å². The number of carbonyl (C=O) groups is 1. The van der Waals surface area contributed by atoms with Crippen LogP contribution in [0.1, 0.15) is 5.56 Å². The van der Waals surface area contributed by atoms with Crippen LogP contribution in [0, 0.1) is 11.6 Å². The van der Waals surface area contributed by atoms with Crippen LogP contribution in [0.5, 0.6) is 5.75 Å². The van der Waals surface area contributed by atoms with E-state index in [0.717, 1.165) is 23.8 Å². The van der Waals surface area contributed by atoms with Crippen molar-refractivity contribution in [1.29, 1.82) is 0 Å². The van der Waals surface area contributed by atoms with E-state index in [2.05, 4.69) is 5.32 Å². The number of nitrogens with one attached hydrogen (secondary N) is 1. The summed E-state index contributed by atoms with van der Waals surface area (Å²) in [5, 5.41) is 2.24. The minimum Gasteiger partial charge on any atom is -0.484 e. The highest BCUT2D eigenvalue weighted by Crippen LogP contribution is 2.15. The molecule has 0 aliphatic carbocycles. The van der Waals surface area contributed by atoms with Gasteiger partial charge < -0.3 is 15.8 Å². The minimum absolute atomic E-state index is 0.220. The summed E-state index contributed by atoms with van der Waals surface area (Å²) in [5.41, 5.74) is 6.18. The third-order valence-electron chi connectivity index (χ3n) is 2.73. The number of amides is 1. The molecule has 1 amide bonds. The van der Waals surface area contributed by atoms with Gasteiger partial charge in [0.25, 0.3) is 5.91 Å². The van der Waals surface area contributed by atoms with Crippen LogP contribution in [0.2, 0.25) is 0 Å². The predicted molar refractivity (Wildman–Crippen MR) is 74.8 cm³/mol. The Morgan fingerprint density at radius 3 is 2.52 bits per heavy atom. The van der Waals surface area contributed by atoms with Crippen molar-refractivity contribution in [1.82, 2.24) is 0 Å². The Kier molecular flexibility index (Phi) is 4.84. The predicted octanol–water partition coefficient (Wildman–Crippen LogP) is 2.44. The van der Waals surface area contributed by atoms with Gasteiger partial charge in [-0.3, -0.25) is 4.79 Å². The second kappa shape index (κ2) is 6.81. The van der Waals surface area contributed by atoms with E-state index in [1.807, 2.05) is 0 Å². The summed E-state index contributed by atoms with van der Waals surface area (Å²) in [7, 11) is 0. The molecule has 0 aliphatic heterocycles. The van der Waals surface area contributed by atoms with Gasteiger partial charge in [0.1, 0.15) is 17.4 Å². The Hall–Kier alpha value is -2.47. The minimum atomic E-state index is -0.711. The van der Waals surface area contributed by atoms with E-state index in [-0.39, 0.29) is 12.3 Å². The van der Waals surface area contributed by atoms with E-state index in [1.165, 1.54) is 0 Å². The number of rotatable bonds is 5. The molecule has 0 aromatic heterocycles. The Morgan fingerprint density at radius 2 is 1.86 bits per heavy atom. The second-order valence-electron chi connectivity index (χ2n) is 4.31. The molecule has 2 aromatic rings. The Labute approximate surface area is 120 Å². The van der Waals surface area contributed by atoms with E-state index in [1.54, 1.807) is 24.3 Å². The summed E-state index contributed by atoms with van der Waals surface area (Å²) in [6.07, 6.45) is 0. The van der Waals surface area contributed by atoms with Crippen LogP contribution in [-0.4, -0.2) is 12.5 Å². The topological polar surface area (TPSA) is 64.3 Å². The second-order valence-corrected chi connectivity index (χ2v) is 4.31. The highest BCUT2D eigenvalue weighted by atomic mass is 19.1. The van der Waals surface area contributed by atoms with Crippen LogP contribution in [-0.2, 0) is 11.3 Å². The number of nitrogens with two attached hydrogens (primary N) is 1. The fraction of sp³-hybridized carbons (Fsp3) is 0.133. The van der Waals surface area contributed by atoms with Gasteiger partial charge in [-0.05, 0) is 29.8 Å². The zero-order valence-corrected chi connectivity index (χ0v) is 11.1. The lowest BCUT2D eigenvalue weighted by Crippen LogP contribution is -2.20. The molecule has 0 saturated heterocycles. The Morgan fingerprint density at radius 1 is 1.14 bits per heavy atom. The van der Waals surface area contributed by atoms with Crippen molar-refractivity contribution in [2.24, 2.45) is 5.73 Å². The zero-order chi connectivity index (χ0) is 15.2. The SMILES string of the molecule is NCc1ccc(OCC(=O)Nc2cc(F)ccc2F)cc1. The first-order valence-electron chi connectivity index (χ1n) is 6.25. The zero-order valence-electron chi connectivity index (χ0n) is 11.1. The molecule has 4 nitrogen and oxygen atoms in total. The summed E-state index contributed by atoms with van der Waals surface area (Å²) < 4.78 is 31.5. The smallest absolute Gasteiger partial charge is 0.262 e. The van der Waals surface area contributed by atoms with Gasteiger partial charge in [0.2, 0.25) is 0 Å². The standard InChI is InChI=1S/C15H14F2N2O2/c16-11-3-6-13(17)14(7-11)19-15(20)9-21-12-4-1-10(8-18)2-5-12/h1-7H,8-9,18H2,(H,19,20). The highest BCUT2D eigenvalue weighted by Gasteiger charge is 2.09. The largest absolute Gasteiger partial charge is 0.484 e. The van der Waals surface area contributed by atoms with Gasteiger partial charge in [-0.1, -0.05) is 12.1 Å². The average molecular weight is 292 g/mol. The molecule has 0 fully saturated rings. The molecule has 0 saturated carbocycles. The van der Waals surface area contributed by atoms with Crippen LogP contribution in [0.25, 0.3) is 0 Å². The number of anilines is 1. The van der Waals surface area contributed by atoms with E-state index < -0.39 is 17.5 Å². The quantitative estimate of drug-likeness (QED) is 0.889. The molecule has 0 radical (unpaired) electrons. The molecule has 6 heteroatoms. The van der Waals surface area contributed by atoms with Crippen molar-refractivity contribution in [3.63, 3.8) is 0 Å². The maximum atomic E-state index is 13.3. The number of benzene rings is 2. The molecule has 0 atom stereocenters. The van der Waals surface area contributed by atoms with Crippen molar-refractivity contribution in [2.75, 3.05) is 11.9 Å². The summed E-state index contributed by atoms with van der Waals surface area (Å²) in [6, 6.07) is 9.73. The van der Waals surface area contributed by atoms with Gasteiger partial charge in [0, 0.05) is 12.6 Å². The van der Waals surface area contributed by atoms with Crippen LogP contribution in [0.15, 0.2) is 42.5 Å². The van der Waals surface area contributed by atoms with Crippen molar-refractivity contribution in [3.05, 3.63) is 59.7 Å².